The van der Waals surface area contributed by atoms with Gasteiger partial charge in [-0.1, -0.05) is 42.0 Å². The zero-order valence-corrected chi connectivity index (χ0v) is 23.7. The van der Waals surface area contributed by atoms with Crippen LogP contribution in [0.15, 0.2) is 90.0 Å². The highest BCUT2D eigenvalue weighted by Crippen LogP contribution is 2.35. The lowest BCUT2D eigenvalue weighted by molar-refractivity contribution is -0.384. The van der Waals surface area contributed by atoms with Gasteiger partial charge in [0.2, 0.25) is 0 Å². The predicted octanol–water partition coefficient (Wildman–Crippen LogP) is 6.74. The van der Waals surface area contributed by atoms with Crippen LogP contribution in [0.5, 0.6) is 11.5 Å². The highest BCUT2D eigenvalue weighted by Gasteiger charge is 2.20. The van der Waals surface area contributed by atoms with Gasteiger partial charge in [0.25, 0.3) is 11.6 Å². The van der Waals surface area contributed by atoms with E-state index in [2.05, 4.69) is 27.6 Å². The van der Waals surface area contributed by atoms with Crippen LogP contribution < -0.4 is 14.9 Å². The number of carbonyl (C=O) groups excluding carboxylic acids is 2. The molecule has 5 aromatic rings. The van der Waals surface area contributed by atoms with Crippen molar-refractivity contribution in [3.8, 4) is 22.6 Å². The van der Waals surface area contributed by atoms with Gasteiger partial charge in [-0.25, -0.2) is 10.2 Å². The third kappa shape index (κ3) is 6.28. The number of nitro benzene ring substituents is 1. The lowest BCUT2D eigenvalue weighted by Gasteiger charge is -2.11. The van der Waals surface area contributed by atoms with Crippen LogP contribution in [0.25, 0.3) is 22.0 Å². The van der Waals surface area contributed by atoms with Crippen LogP contribution >= 0.6 is 0 Å². The number of ether oxygens (including phenoxy) is 2. The number of nitro groups is 1. The number of hydrogen-bond acceptors (Lipinski definition) is 7. The number of H-pyrrole nitrogens is 1. The molecule has 10 nitrogen and oxygen atoms in total. The molecule has 0 saturated carbocycles. The molecule has 0 unspecified atom stereocenters. The zero-order valence-electron chi connectivity index (χ0n) is 23.7. The van der Waals surface area contributed by atoms with Crippen LogP contribution in [0.2, 0.25) is 0 Å². The Bertz CT molecular complexity index is 1860. The van der Waals surface area contributed by atoms with Crippen LogP contribution in [0.4, 0.5) is 5.69 Å². The SMILES string of the molecule is CCOc1cc(C=NNC(=O)c2[nH]c3c(C)cc(C)cc3c2-c2ccccc2)ccc1OC(=O)c1ccc([N+](=O)[O-])cc1. The van der Waals surface area contributed by atoms with Crippen molar-refractivity contribution in [2.24, 2.45) is 5.10 Å². The summed E-state index contributed by atoms with van der Waals surface area (Å²) in [5, 5.41) is 16.0. The van der Waals surface area contributed by atoms with Crippen molar-refractivity contribution >= 4 is 34.7 Å². The molecule has 43 heavy (non-hydrogen) atoms. The maximum atomic E-state index is 13.4. The summed E-state index contributed by atoms with van der Waals surface area (Å²) in [5.74, 6) is -0.631. The highest BCUT2D eigenvalue weighted by atomic mass is 16.6. The van der Waals surface area contributed by atoms with Gasteiger partial charge in [0.05, 0.1) is 23.3 Å². The number of nitrogens with zero attached hydrogens (tertiary/aromatic N) is 2. The first-order valence-electron chi connectivity index (χ1n) is 13.5. The van der Waals surface area contributed by atoms with E-state index in [9.17, 15) is 19.7 Å². The second kappa shape index (κ2) is 12.4. The molecule has 0 spiro atoms. The van der Waals surface area contributed by atoms with Gasteiger partial charge in [-0.05, 0) is 73.9 Å². The van der Waals surface area contributed by atoms with Crippen LogP contribution in [0, 0.1) is 24.0 Å². The van der Waals surface area contributed by atoms with Gasteiger partial charge in [0.15, 0.2) is 11.5 Å². The third-order valence-electron chi connectivity index (χ3n) is 6.70. The van der Waals surface area contributed by atoms with E-state index in [4.69, 9.17) is 9.47 Å². The van der Waals surface area contributed by atoms with Crippen molar-refractivity contribution in [2.45, 2.75) is 20.8 Å². The summed E-state index contributed by atoms with van der Waals surface area (Å²) < 4.78 is 11.2. The third-order valence-corrected chi connectivity index (χ3v) is 6.70. The summed E-state index contributed by atoms with van der Waals surface area (Å²) in [6, 6.07) is 23.8. The topological polar surface area (TPSA) is 136 Å². The number of aryl methyl sites for hydroxylation is 2. The molecule has 0 atom stereocenters. The Labute approximate surface area is 247 Å². The fourth-order valence-corrected chi connectivity index (χ4v) is 4.78. The second-order valence-corrected chi connectivity index (χ2v) is 9.78. The number of carbonyl (C=O) groups is 2. The number of aromatic amines is 1. The molecule has 0 aliphatic heterocycles. The number of aromatic nitrogens is 1. The number of nitrogens with one attached hydrogen (secondary N) is 2. The second-order valence-electron chi connectivity index (χ2n) is 9.78. The summed E-state index contributed by atoms with van der Waals surface area (Å²) in [6.07, 6.45) is 1.46. The number of esters is 1. The Morgan fingerprint density at radius 3 is 2.42 bits per heavy atom. The Kier molecular flexibility index (Phi) is 8.29. The van der Waals surface area contributed by atoms with E-state index < -0.39 is 16.8 Å². The summed E-state index contributed by atoms with van der Waals surface area (Å²) in [7, 11) is 0. The predicted molar refractivity (Wildman–Crippen MR) is 164 cm³/mol. The van der Waals surface area contributed by atoms with Crippen LogP contribution in [-0.2, 0) is 0 Å². The number of hydrazone groups is 1. The summed E-state index contributed by atoms with van der Waals surface area (Å²) in [5.41, 5.74) is 8.34. The molecular formula is C33H28N4O6. The molecule has 1 aromatic heterocycles. The molecule has 216 valence electrons. The average Bonchev–Trinajstić information content (AvgIpc) is 3.39. The number of fused-ring (bicyclic) bond motifs is 1. The number of amides is 1. The summed E-state index contributed by atoms with van der Waals surface area (Å²) in [6.45, 7) is 6.12. The molecular weight excluding hydrogens is 548 g/mol. The van der Waals surface area contributed by atoms with E-state index in [-0.39, 0.29) is 17.0 Å². The maximum absolute atomic E-state index is 13.4. The first-order chi connectivity index (χ1) is 20.7. The van der Waals surface area contributed by atoms with Crippen molar-refractivity contribution in [2.75, 3.05) is 6.61 Å². The Morgan fingerprint density at radius 2 is 1.72 bits per heavy atom. The average molecular weight is 577 g/mol. The largest absolute Gasteiger partial charge is 0.490 e. The van der Waals surface area contributed by atoms with E-state index in [0.717, 1.165) is 33.2 Å². The Balaban J connectivity index is 1.36. The van der Waals surface area contributed by atoms with E-state index in [1.54, 1.807) is 25.1 Å². The Morgan fingerprint density at radius 1 is 0.977 bits per heavy atom. The van der Waals surface area contributed by atoms with Gasteiger partial charge in [0.1, 0.15) is 5.69 Å². The first kappa shape index (κ1) is 28.7. The van der Waals surface area contributed by atoms with E-state index in [1.165, 1.54) is 30.5 Å². The van der Waals surface area contributed by atoms with Gasteiger partial charge in [-0.2, -0.15) is 5.10 Å². The van der Waals surface area contributed by atoms with Crippen LogP contribution in [0.3, 0.4) is 0 Å². The molecule has 1 amide bonds. The molecule has 10 heteroatoms. The number of non-ortho nitro benzene ring substituents is 1. The van der Waals surface area contributed by atoms with Crippen molar-refractivity contribution < 1.29 is 24.0 Å². The fraction of sp³-hybridized carbons (Fsp3) is 0.121. The molecule has 1 heterocycles. The standard InChI is InChI=1S/C33H28N4O6/c1-4-42-28-18-22(10-15-27(28)43-33(39)24-11-13-25(14-12-24)37(40)41)19-34-36-32(38)31-29(23-8-6-5-7-9-23)26-17-20(2)16-21(3)30(26)35-31/h5-19,35H,4H2,1-3H3,(H,36,38). The summed E-state index contributed by atoms with van der Waals surface area (Å²) >= 11 is 0. The minimum Gasteiger partial charge on any atom is -0.490 e. The zero-order chi connectivity index (χ0) is 30.5. The minimum absolute atomic E-state index is 0.131. The van der Waals surface area contributed by atoms with Crippen molar-refractivity contribution in [1.29, 1.82) is 0 Å². The Hall–Kier alpha value is -5.77. The van der Waals surface area contributed by atoms with Crippen LogP contribution in [0.1, 0.15) is 44.5 Å². The quantitative estimate of drug-likeness (QED) is 0.0656. The molecule has 0 aliphatic rings. The van der Waals surface area contributed by atoms with Gasteiger partial charge in [-0.15, -0.1) is 0 Å². The van der Waals surface area contributed by atoms with Crippen molar-refractivity contribution in [3.63, 3.8) is 0 Å². The monoisotopic (exact) mass is 576 g/mol. The highest BCUT2D eigenvalue weighted by molar-refractivity contribution is 6.10. The molecule has 5 rings (SSSR count). The minimum atomic E-state index is -0.692. The van der Waals surface area contributed by atoms with Gasteiger partial charge >= 0.3 is 5.97 Å². The molecule has 0 bridgehead atoms. The lowest BCUT2D eigenvalue weighted by Crippen LogP contribution is -2.19. The van der Waals surface area contributed by atoms with Gasteiger partial charge in [-0.3, -0.25) is 14.9 Å². The van der Waals surface area contributed by atoms with E-state index >= 15 is 0 Å². The smallest absolute Gasteiger partial charge is 0.343 e. The first-order valence-corrected chi connectivity index (χ1v) is 13.5. The lowest BCUT2D eigenvalue weighted by atomic mass is 9.99. The molecule has 0 aliphatic carbocycles. The number of benzene rings is 4. The maximum Gasteiger partial charge on any atom is 0.343 e. The molecule has 0 radical (unpaired) electrons. The molecule has 0 saturated heterocycles. The number of hydrogen-bond donors (Lipinski definition) is 2. The fourth-order valence-electron chi connectivity index (χ4n) is 4.78. The van der Waals surface area contributed by atoms with Crippen LogP contribution in [-0.4, -0.2) is 34.6 Å². The van der Waals surface area contributed by atoms with Crippen molar-refractivity contribution in [1.82, 2.24) is 10.4 Å². The van der Waals surface area contributed by atoms with E-state index in [0.29, 0.717) is 23.6 Å². The summed E-state index contributed by atoms with van der Waals surface area (Å²) in [4.78, 5) is 39.6. The molecule has 0 fully saturated rings. The molecule has 4 aromatic carbocycles. The molecule has 2 N–H and O–H groups in total. The van der Waals surface area contributed by atoms with Crippen molar-refractivity contribution in [3.05, 3.63) is 123 Å². The van der Waals surface area contributed by atoms with Gasteiger partial charge < -0.3 is 14.5 Å². The normalized spacial score (nSPS) is 11.0. The van der Waals surface area contributed by atoms with E-state index in [1.807, 2.05) is 44.2 Å². The number of rotatable bonds is 9. The van der Waals surface area contributed by atoms with Gasteiger partial charge in [0, 0.05) is 28.6 Å².